The monoisotopic (exact) mass is 312 g/mol. The van der Waals surface area contributed by atoms with Crippen molar-refractivity contribution < 1.29 is 4.74 Å². The number of hydrogen-bond donors (Lipinski definition) is 1. The van der Waals surface area contributed by atoms with Crippen LogP contribution in [0.15, 0.2) is 36.5 Å². The summed E-state index contributed by atoms with van der Waals surface area (Å²) in [5.74, 6) is 3.38. The van der Waals surface area contributed by atoms with Crippen LogP contribution < -0.4 is 15.0 Å². The number of methoxy groups -OCH3 is 1. The van der Waals surface area contributed by atoms with Crippen molar-refractivity contribution in [3.63, 3.8) is 0 Å². The third kappa shape index (κ3) is 4.12. The van der Waals surface area contributed by atoms with Crippen molar-refractivity contribution in [2.24, 2.45) is 5.92 Å². The van der Waals surface area contributed by atoms with Gasteiger partial charge in [-0.05, 0) is 42.5 Å². The number of rotatable bonds is 5. The molecule has 1 N–H and O–H groups in total. The number of aromatic nitrogens is 2. The molecule has 0 bridgehead atoms. The van der Waals surface area contributed by atoms with Gasteiger partial charge in [0.2, 0.25) is 5.95 Å². The molecule has 1 aliphatic heterocycles. The second-order valence-electron chi connectivity index (χ2n) is 6.11. The van der Waals surface area contributed by atoms with Crippen LogP contribution in [-0.4, -0.2) is 30.2 Å². The lowest BCUT2D eigenvalue weighted by Gasteiger charge is -2.30. The van der Waals surface area contributed by atoms with E-state index in [2.05, 4.69) is 39.2 Å². The van der Waals surface area contributed by atoms with E-state index in [1.54, 1.807) is 7.11 Å². The molecule has 0 saturated carbocycles. The van der Waals surface area contributed by atoms with Crippen LogP contribution in [0.25, 0.3) is 0 Å². The van der Waals surface area contributed by atoms with Gasteiger partial charge in [-0.3, -0.25) is 0 Å². The van der Waals surface area contributed by atoms with E-state index in [-0.39, 0.29) is 0 Å². The lowest BCUT2D eigenvalue weighted by atomic mass is 10.00. The van der Waals surface area contributed by atoms with E-state index in [1.807, 2.05) is 24.4 Å². The molecule has 1 aliphatic rings. The lowest BCUT2D eigenvalue weighted by molar-refractivity contribution is 0.414. The number of ether oxygens (including phenoxy) is 1. The van der Waals surface area contributed by atoms with Crippen LogP contribution in [0.5, 0.6) is 5.75 Å². The first-order chi connectivity index (χ1) is 11.2. The van der Waals surface area contributed by atoms with Gasteiger partial charge >= 0.3 is 0 Å². The summed E-state index contributed by atoms with van der Waals surface area (Å²) in [7, 11) is 1.68. The maximum absolute atomic E-state index is 5.18. The molecule has 0 amide bonds. The van der Waals surface area contributed by atoms with Gasteiger partial charge in [-0.1, -0.05) is 19.1 Å². The van der Waals surface area contributed by atoms with Crippen LogP contribution in [0.4, 0.5) is 11.8 Å². The van der Waals surface area contributed by atoms with Gasteiger partial charge in [-0.2, -0.15) is 4.98 Å². The Morgan fingerprint density at radius 2 is 1.91 bits per heavy atom. The third-order valence-electron chi connectivity index (χ3n) is 4.34. The SMILES string of the molecule is COc1ccc(CNc2ccnc(N3CCC(C)CC3)n2)cc1. The van der Waals surface area contributed by atoms with E-state index in [0.717, 1.165) is 43.1 Å². The third-order valence-corrected chi connectivity index (χ3v) is 4.34. The van der Waals surface area contributed by atoms with Crippen molar-refractivity contribution in [3.05, 3.63) is 42.1 Å². The number of nitrogens with zero attached hydrogens (tertiary/aromatic N) is 3. The van der Waals surface area contributed by atoms with Crippen molar-refractivity contribution >= 4 is 11.8 Å². The minimum atomic E-state index is 0.734. The summed E-state index contributed by atoms with van der Waals surface area (Å²) in [5, 5.41) is 3.37. The van der Waals surface area contributed by atoms with Gasteiger partial charge in [0.15, 0.2) is 0 Å². The van der Waals surface area contributed by atoms with Crippen LogP contribution >= 0.6 is 0 Å². The largest absolute Gasteiger partial charge is 0.497 e. The molecule has 2 aromatic rings. The van der Waals surface area contributed by atoms with Gasteiger partial charge in [0.05, 0.1) is 7.11 Å². The Morgan fingerprint density at radius 3 is 2.61 bits per heavy atom. The topological polar surface area (TPSA) is 50.3 Å². The van der Waals surface area contributed by atoms with Gasteiger partial charge in [-0.15, -0.1) is 0 Å². The van der Waals surface area contributed by atoms with Crippen molar-refractivity contribution in [1.82, 2.24) is 9.97 Å². The highest BCUT2D eigenvalue weighted by molar-refractivity contribution is 5.42. The predicted molar refractivity (Wildman–Crippen MR) is 93.0 cm³/mol. The molecule has 5 heteroatoms. The number of hydrogen-bond acceptors (Lipinski definition) is 5. The maximum atomic E-state index is 5.18. The first-order valence-corrected chi connectivity index (χ1v) is 8.19. The van der Waals surface area contributed by atoms with Gasteiger partial charge in [0, 0.05) is 25.8 Å². The minimum Gasteiger partial charge on any atom is -0.497 e. The molecule has 0 atom stereocenters. The summed E-state index contributed by atoms with van der Waals surface area (Å²) in [6, 6.07) is 9.97. The predicted octanol–water partition coefficient (Wildman–Crippen LogP) is 3.33. The van der Waals surface area contributed by atoms with E-state index in [1.165, 1.54) is 18.4 Å². The van der Waals surface area contributed by atoms with Crippen LogP contribution in [-0.2, 0) is 6.54 Å². The Morgan fingerprint density at radius 1 is 1.17 bits per heavy atom. The Hall–Kier alpha value is -2.30. The zero-order chi connectivity index (χ0) is 16.1. The number of piperidine rings is 1. The lowest BCUT2D eigenvalue weighted by Crippen LogP contribution is -2.34. The molecule has 122 valence electrons. The fourth-order valence-electron chi connectivity index (χ4n) is 2.74. The summed E-state index contributed by atoms with van der Waals surface area (Å²) < 4.78 is 5.18. The second-order valence-corrected chi connectivity index (χ2v) is 6.11. The second kappa shape index (κ2) is 7.31. The number of benzene rings is 1. The zero-order valence-corrected chi connectivity index (χ0v) is 13.8. The highest BCUT2D eigenvalue weighted by atomic mass is 16.5. The van der Waals surface area contributed by atoms with Crippen LogP contribution in [0.3, 0.4) is 0 Å². The van der Waals surface area contributed by atoms with Crippen molar-refractivity contribution in [2.75, 3.05) is 30.4 Å². The fraction of sp³-hybridized carbons (Fsp3) is 0.444. The minimum absolute atomic E-state index is 0.734. The first kappa shape index (κ1) is 15.6. The molecular weight excluding hydrogens is 288 g/mol. The van der Waals surface area contributed by atoms with E-state index < -0.39 is 0 Å². The number of nitrogens with one attached hydrogen (secondary N) is 1. The summed E-state index contributed by atoms with van der Waals surface area (Å²) in [5.41, 5.74) is 1.19. The quantitative estimate of drug-likeness (QED) is 0.917. The van der Waals surface area contributed by atoms with E-state index in [4.69, 9.17) is 4.74 Å². The Balaban J connectivity index is 1.60. The first-order valence-electron chi connectivity index (χ1n) is 8.19. The average molecular weight is 312 g/mol. The molecule has 1 fully saturated rings. The van der Waals surface area contributed by atoms with Gasteiger partial charge < -0.3 is 15.0 Å². The Labute approximate surface area is 137 Å². The van der Waals surface area contributed by atoms with Crippen molar-refractivity contribution in [2.45, 2.75) is 26.3 Å². The van der Waals surface area contributed by atoms with Crippen LogP contribution in [0.2, 0.25) is 0 Å². The molecule has 0 spiro atoms. The molecule has 23 heavy (non-hydrogen) atoms. The molecular formula is C18H24N4O. The molecule has 5 nitrogen and oxygen atoms in total. The van der Waals surface area contributed by atoms with Gasteiger partial charge in [0.1, 0.15) is 11.6 Å². The summed E-state index contributed by atoms with van der Waals surface area (Å²) in [6.07, 6.45) is 4.26. The summed E-state index contributed by atoms with van der Waals surface area (Å²) in [6.45, 7) is 5.13. The molecule has 1 aromatic heterocycles. The van der Waals surface area contributed by atoms with Crippen LogP contribution in [0, 0.1) is 5.92 Å². The fourth-order valence-corrected chi connectivity index (χ4v) is 2.74. The normalized spacial score (nSPS) is 15.5. The smallest absolute Gasteiger partial charge is 0.227 e. The molecule has 0 aliphatic carbocycles. The highest BCUT2D eigenvalue weighted by Gasteiger charge is 2.17. The van der Waals surface area contributed by atoms with Crippen molar-refractivity contribution in [1.29, 1.82) is 0 Å². The zero-order valence-electron chi connectivity index (χ0n) is 13.8. The van der Waals surface area contributed by atoms with E-state index >= 15 is 0 Å². The Kier molecular flexibility index (Phi) is 4.95. The molecule has 0 radical (unpaired) electrons. The Bertz CT molecular complexity index is 621. The molecule has 1 saturated heterocycles. The molecule has 0 unspecified atom stereocenters. The number of anilines is 2. The van der Waals surface area contributed by atoms with E-state index in [0.29, 0.717) is 0 Å². The summed E-state index contributed by atoms with van der Waals surface area (Å²) >= 11 is 0. The average Bonchev–Trinajstić information content (AvgIpc) is 2.61. The highest BCUT2D eigenvalue weighted by Crippen LogP contribution is 2.21. The summed E-state index contributed by atoms with van der Waals surface area (Å²) in [4.78, 5) is 11.3. The molecule has 3 rings (SSSR count). The standard InChI is InChI=1S/C18H24N4O/c1-14-8-11-22(12-9-14)18-19-10-7-17(21-18)20-13-15-3-5-16(23-2)6-4-15/h3-7,10,14H,8-9,11-13H2,1-2H3,(H,19,20,21). The van der Waals surface area contributed by atoms with E-state index in [9.17, 15) is 0 Å². The van der Waals surface area contributed by atoms with Crippen molar-refractivity contribution in [3.8, 4) is 5.75 Å². The van der Waals surface area contributed by atoms with Gasteiger partial charge in [-0.25, -0.2) is 4.98 Å². The van der Waals surface area contributed by atoms with Gasteiger partial charge in [0.25, 0.3) is 0 Å². The molecule has 2 heterocycles. The van der Waals surface area contributed by atoms with Crippen LogP contribution in [0.1, 0.15) is 25.3 Å². The maximum Gasteiger partial charge on any atom is 0.227 e. The molecule has 1 aromatic carbocycles.